The van der Waals surface area contributed by atoms with Crippen LogP contribution in [0.3, 0.4) is 0 Å². The largest absolute Gasteiger partial charge is 0.458 e. The molecule has 0 fully saturated rings. The van der Waals surface area contributed by atoms with Gasteiger partial charge in [-0.15, -0.1) is 0 Å². The molecule has 3 atom stereocenters. The molecule has 240 valence electrons. The normalized spacial score (nSPS) is 13.6. The summed E-state index contributed by atoms with van der Waals surface area (Å²) in [6.07, 6.45) is -1.31. The molecular weight excluding hydrogens is 564 g/mol. The molecule has 0 spiro atoms. The first-order valence-electron chi connectivity index (χ1n) is 14.5. The van der Waals surface area contributed by atoms with Gasteiger partial charge in [0.15, 0.2) is 0 Å². The molecule has 4 N–H and O–H groups in total. The number of ether oxygens (including phenoxy) is 2. The molecule has 11 heteroatoms. The van der Waals surface area contributed by atoms with Crippen molar-refractivity contribution in [1.29, 1.82) is 0 Å². The molecule has 0 aliphatic heterocycles. The Bertz CT molecular complexity index is 1350. The predicted molar refractivity (Wildman–Crippen MR) is 166 cm³/mol. The quantitative estimate of drug-likeness (QED) is 0.328. The maximum absolute atomic E-state index is 14.2. The number of carbonyl (C=O) groups is 5. The van der Waals surface area contributed by atoms with Gasteiger partial charge >= 0.3 is 12.1 Å². The predicted octanol–water partition coefficient (Wildman–Crippen LogP) is 3.64. The molecule has 0 aliphatic carbocycles. The molecule has 0 heterocycles. The third kappa shape index (κ3) is 11.0. The Morgan fingerprint density at radius 1 is 0.818 bits per heavy atom. The molecular formula is C33H46N4O7. The molecule has 2 rings (SSSR count). The van der Waals surface area contributed by atoms with E-state index in [1.54, 1.807) is 53.7 Å². The lowest BCUT2D eigenvalue weighted by atomic mass is 9.94. The highest BCUT2D eigenvalue weighted by atomic mass is 16.6. The number of hydrogen-bond acceptors (Lipinski definition) is 7. The van der Waals surface area contributed by atoms with Gasteiger partial charge in [-0.2, -0.15) is 0 Å². The van der Waals surface area contributed by atoms with E-state index in [4.69, 9.17) is 15.2 Å². The van der Waals surface area contributed by atoms with Crippen LogP contribution in [0.1, 0.15) is 76.3 Å². The summed E-state index contributed by atoms with van der Waals surface area (Å²) in [6.45, 7) is 13.8. The number of benzene rings is 2. The highest BCUT2D eigenvalue weighted by Gasteiger charge is 2.37. The molecule has 44 heavy (non-hydrogen) atoms. The van der Waals surface area contributed by atoms with E-state index in [2.05, 4.69) is 10.6 Å². The number of alkyl carbamates (subject to hydrolysis) is 1. The van der Waals surface area contributed by atoms with Crippen LogP contribution in [-0.2, 0) is 35.1 Å². The number of likely N-dealkylation sites (N-methyl/N-ethyl adjacent to an activating group) is 1. The van der Waals surface area contributed by atoms with E-state index in [0.29, 0.717) is 5.56 Å². The van der Waals surface area contributed by atoms with Crippen LogP contribution in [-0.4, -0.2) is 65.0 Å². The number of rotatable bonds is 11. The minimum absolute atomic E-state index is 0.142. The zero-order valence-electron chi connectivity index (χ0n) is 27.1. The fourth-order valence-electron chi connectivity index (χ4n) is 4.49. The van der Waals surface area contributed by atoms with Gasteiger partial charge in [0.2, 0.25) is 17.7 Å². The van der Waals surface area contributed by atoms with Gasteiger partial charge in [-0.1, -0.05) is 48.5 Å². The van der Waals surface area contributed by atoms with E-state index >= 15 is 0 Å². The first-order chi connectivity index (χ1) is 20.3. The van der Waals surface area contributed by atoms with Gasteiger partial charge in [-0.3, -0.25) is 14.4 Å². The Kier molecular flexibility index (Phi) is 12.1. The Balaban J connectivity index is 2.53. The van der Waals surface area contributed by atoms with Crippen molar-refractivity contribution in [3.8, 4) is 0 Å². The zero-order valence-corrected chi connectivity index (χ0v) is 27.1. The van der Waals surface area contributed by atoms with Crippen LogP contribution in [0.25, 0.3) is 0 Å². The van der Waals surface area contributed by atoms with E-state index in [-0.39, 0.29) is 6.42 Å². The fourth-order valence-corrected chi connectivity index (χ4v) is 4.49. The monoisotopic (exact) mass is 610 g/mol. The van der Waals surface area contributed by atoms with Crippen LogP contribution in [0.2, 0.25) is 0 Å². The van der Waals surface area contributed by atoms with Crippen molar-refractivity contribution in [2.45, 2.75) is 97.6 Å². The van der Waals surface area contributed by atoms with Gasteiger partial charge < -0.3 is 30.7 Å². The summed E-state index contributed by atoms with van der Waals surface area (Å²) in [6, 6.07) is 10.7. The molecule has 3 unspecified atom stereocenters. The number of esters is 1. The summed E-state index contributed by atoms with van der Waals surface area (Å²) in [7, 11) is 1.39. The van der Waals surface area contributed by atoms with Crippen molar-refractivity contribution in [2.24, 2.45) is 5.73 Å². The Morgan fingerprint density at radius 2 is 1.41 bits per heavy atom. The molecule has 2 aromatic carbocycles. The van der Waals surface area contributed by atoms with Crippen molar-refractivity contribution in [2.75, 3.05) is 7.05 Å². The van der Waals surface area contributed by atoms with Crippen molar-refractivity contribution >= 4 is 29.8 Å². The Labute approximate surface area is 259 Å². The lowest BCUT2D eigenvalue weighted by Gasteiger charge is -2.33. The zero-order chi connectivity index (χ0) is 33.4. The number of nitrogens with two attached hydrogens (primary N) is 1. The van der Waals surface area contributed by atoms with Gasteiger partial charge in [-0.25, -0.2) is 9.59 Å². The van der Waals surface area contributed by atoms with E-state index < -0.39 is 65.5 Å². The molecule has 0 aromatic heterocycles. The summed E-state index contributed by atoms with van der Waals surface area (Å²) >= 11 is 0. The third-order valence-corrected chi connectivity index (χ3v) is 6.61. The van der Waals surface area contributed by atoms with Gasteiger partial charge in [0, 0.05) is 13.5 Å². The molecule has 0 radical (unpaired) electrons. The van der Waals surface area contributed by atoms with Gasteiger partial charge in [0.25, 0.3) is 0 Å². The number of nitrogens with zero attached hydrogens (tertiary/aromatic N) is 1. The number of carbonyl (C=O) groups excluding carboxylic acids is 5. The summed E-state index contributed by atoms with van der Waals surface area (Å²) in [5.74, 6) is -2.89. The van der Waals surface area contributed by atoms with Crippen LogP contribution >= 0.6 is 0 Å². The smallest absolute Gasteiger partial charge is 0.408 e. The topological polar surface area (TPSA) is 157 Å². The Morgan fingerprint density at radius 3 is 1.95 bits per heavy atom. The van der Waals surface area contributed by atoms with Gasteiger partial charge in [-0.05, 0) is 77.6 Å². The first kappa shape index (κ1) is 35.8. The van der Waals surface area contributed by atoms with Crippen molar-refractivity contribution in [1.82, 2.24) is 15.5 Å². The first-order valence-corrected chi connectivity index (χ1v) is 14.5. The average molecular weight is 611 g/mol. The minimum atomic E-state index is -1.42. The summed E-state index contributed by atoms with van der Waals surface area (Å²) in [5.41, 5.74) is 6.64. The maximum Gasteiger partial charge on any atom is 0.408 e. The second kappa shape index (κ2) is 14.9. The summed E-state index contributed by atoms with van der Waals surface area (Å²) in [4.78, 5) is 67.0. The maximum atomic E-state index is 14.2. The third-order valence-electron chi connectivity index (χ3n) is 6.61. The van der Waals surface area contributed by atoms with Crippen LogP contribution in [0.15, 0.2) is 48.5 Å². The summed E-state index contributed by atoms with van der Waals surface area (Å²) in [5, 5.41) is 5.22. The number of amides is 4. The summed E-state index contributed by atoms with van der Waals surface area (Å²) < 4.78 is 10.9. The van der Waals surface area contributed by atoms with E-state index in [1.165, 1.54) is 7.05 Å². The van der Waals surface area contributed by atoms with Crippen molar-refractivity contribution < 1.29 is 33.4 Å². The van der Waals surface area contributed by atoms with Gasteiger partial charge in [0.05, 0.1) is 6.42 Å². The van der Waals surface area contributed by atoms with Crippen molar-refractivity contribution in [3.05, 3.63) is 70.8 Å². The number of nitrogens with one attached hydrogen (secondary N) is 2. The highest BCUT2D eigenvalue weighted by molar-refractivity contribution is 5.95. The SMILES string of the molecule is Cc1cccc(C(C(=O)NC(Cc2ccccc2)C(=O)OC(C)(C)C)N(C)C(=O)C(CC(N)=O)NC(=O)OC(C)(C)C)c1C. The number of primary amides is 1. The lowest BCUT2D eigenvalue weighted by Crippen LogP contribution is -2.54. The molecule has 0 bridgehead atoms. The molecule has 0 saturated heterocycles. The molecule has 0 aliphatic rings. The van der Waals surface area contributed by atoms with Crippen LogP contribution in [0.5, 0.6) is 0 Å². The molecule has 0 saturated carbocycles. The number of hydrogen-bond donors (Lipinski definition) is 3. The van der Waals surface area contributed by atoms with Crippen LogP contribution in [0.4, 0.5) is 4.79 Å². The molecule has 4 amide bonds. The van der Waals surface area contributed by atoms with Crippen LogP contribution < -0.4 is 16.4 Å². The van der Waals surface area contributed by atoms with E-state index in [0.717, 1.165) is 21.6 Å². The Hall–Kier alpha value is -4.41. The molecule has 2 aromatic rings. The van der Waals surface area contributed by atoms with E-state index in [1.807, 2.05) is 50.2 Å². The number of aryl methyl sites for hydroxylation is 1. The molecule has 11 nitrogen and oxygen atoms in total. The lowest BCUT2D eigenvalue weighted by molar-refractivity contribution is -0.159. The second-order valence-corrected chi connectivity index (χ2v) is 12.8. The van der Waals surface area contributed by atoms with Crippen molar-refractivity contribution in [3.63, 3.8) is 0 Å². The standard InChI is InChI=1S/C33H46N4O7/c1-20-14-13-17-23(21(20)2)27(37(9)29(40)24(19-26(34)38)36-31(42)44-33(6,7)8)28(39)35-25(30(41)43-32(3,4)5)18-22-15-11-10-12-16-22/h10-17,24-25,27H,18-19H2,1-9H3,(H2,34,38)(H,35,39)(H,36,42). The average Bonchev–Trinajstić information content (AvgIpc) is 2.88. The highest BCUT2D eigenvalue weighted by Crippen LogP contribution is 2.27. The van der Waals surface area contributed by atoms with Gasteiger partial charge in [0.1, 0.15) is 29.3 Å². The minimum Gasteiger partial charge on any atom is -0.458 e. The fraction of sp³-hybridized carbons (Fsp3) is 0.485. The second-order valence-electron chi connectivity index (χ2n) is 12.8. The van der Waals surface area contributed by atoms with Crippen LogP contribution in [0, 0.1) is 13.8 Å². The van der Waals surface area contributed by atoms with E-state index in [9.17, 15) is 24.0 Å².